The standard InChI is InChI=1S/C14H20N2O2/c1-12(17)16-9-8-15-13(11-16)7-10-18-14-5-3-2-4-6-14/h2-6,13,15H,7-11H2,1H3/t13-/m0/s1. The fourth-order valence-corrected chi connectivity index (χ4v) is 2.14. The van der Waals surface area contributed by atoms with Gasteiger partial charge in [-0.2, -0.15) is 0 Å². The number of nitrogens with one attached hydrogen (secondary N) is 1. The fourth-order valence-electron chi connectivity index (χ4n) is 2.14. The second-order valence-corrected chi connectivity index (χ2v) is 4.57. The molecule has 1 atom stereocenters. The third-order valence-electron chi connectivity index (χ3n) is 3.18. The summed E-state index contributed by atoms with van der Waals surface area (Å²) >= 11 is 0. The normalized spacial score (nSPS) is 19.6. The molecule has 4 heteroatoms. The lowest BCUT2D eigenvalue weighted by Crippen LogP contribution is -2.52. The van der Waals surface area contributed by atoms with Gasteiger partial charge in [-0.05, 0) is 18.6 Å². The molecule has 18 heavy (non-hydrogen) atoms. The van der Waals surface area contributed by atoms with E-state index < -0.39 is 0 Å². The maximum atomic E-state index is 11.3. The molecular weight excluding hydrogens is 228 g/mol. The van der Waals surface area contributed by atoms with Crippen molar-refractivity contribution in [1.82, 2.24) is 10.2 Å². The molecule has 0 unspecified atom stereocenters. The first kappa shape index (κ1) is 12.9. The number of amides is 1. The van der Waals surface area contributed by atoms with Gasteiger partial charge in [-0.15, -0.1) is 0 Å². The lowest BCUT2D eigenvalue weighted by Gasteiger charge is -2.33. The molecule has 0 radical (unpaired) electrons. The van der Waals surface area contributed by atoms with Gasteiger partial charge < -0.3 is 15.0 Å². The Morgan fingerprint density at radius 3 is 2.94 bits per heavy atom. The molecule has 1 aromatic rings. The van der Waals surface area contributed by atoms with E-state index in [-0.39, 0.29) is 5.91 Å². The van der Waals surface area contributed by atoms with E-state index in [1.54, 1.807) is 6.92 Å². The molecule has 1 saturated heterocycles. The van der Waals surface area contributed by atoms with Gasteiger partial charge in [0, 0.05) is 32.6 Å². The number of hydrogen-bond donors (Lipinski definition) is 1. The van der Waals surface area contributed by atoms with Crippen LogP contribution in [0.15, 0.2) is 30.3 Å². The molecule has 0 saturated carbocycles. The number of nitrogens with zero attached hydrogens (tertiary/aromatic N) is 1. The monoisotopic (exact) mass is 248 g/mol. The van der Waals surface area contributed by atoms with Crippen molar-refractivity contribution in [3.8, 4) is 5.75 Å². The molecule has 0 aromatic heterocycles. The third kappa shape index (κ3) is 3.74. The van der Waals surface area contributed by atoms with Crippen molar-refractivity contribution in [1.29, 1.82) is 0 Å². The fraction of sp³-hybridized carbons (Fsp3) is 0.500. The highest BCUT2D eigenvalue weighted by molar-refractivity contribution is 5.73. The smallest absolute Gasteiger partial charge is 0.219 e. The SMILES string of the molecule is CC(=O)N1CCN[C@@H](CCOc2ccccc2)C1. The summed E-state index contributed by atoms with van der Waals surface area (Å²) in [6, 6.07) is 10.1. The predicted octanol–water partition coefficient (Wildman–Crippen LogP) is 1.28. The van der Waals surface area contributed by atoms with E-state index in [1.807, 2.05) is 35.2 Å². The average molecular weight is 248 g/mol. The third-order valence-corrected chi connectivity index (χ3v) is 3.18. The van der Waals surface area contributed by atoms with Crippen LogP contribution >= 0.6 is 0 Å². The maximum Gasteiger partial charge on any atom is 0.219 e. The van der Waals surface area contributed by atoms with Crippen LogP contribution < -0.4 is 10.1 Å². The Bertz CT molecular complexity index is 381. The topological polar surface area (TPSA) is 41.6 Å². The van der Waals surface area contributed by atoms with Gasteiger partial charge >= 0.3 is 0 Å². The molecule has 0 aliphatic carbocycles. The minimum Gasteiger partial charge on any atom is -0.494 e. The molecule has 1 aliphatic rings. The molecule has 0 bridgehead atoms. The predicted molar refractivity (Wildman–Crippen MR) is 70.6 cm³/mol. The minimum absolute atomic E-state index is 0.158. The number of benzene rings is 1. The van der Waals surface area contributed by atoms with Crippen molar-refractivity contribution in [3.05, 3.63) is 30.3 Å². The molecule has 4 nitrogen and oxygen atoms in total. The van der Waals surface area contributed by atoms with Crippen molar-refractivity contribution in [2.45, 2.75) is 19.4 Å². The van der Waals surface area contributed by atoms with E-state index in [0.29, 0.717) is 12.6 Å². The Morgan fingerprint density at radius 1 is 1.44 bits per heavy atom. The van der Waals surface area contributed by atoms with E-state index >= 15 is 0 Å². The van der Waals surface area contributed by atoms with Crippen molar-refractivity contribution in [2.75, 3.05) is 26.2 Å². The van der Waals surface area contributed by atoms with Gasteiger partial charge in [0.15, 0.2) is 0 Å². The number of piperazine rings is 1. The Hall–Kier alpha value is -1.55. The van der Waals surface area contributed by atoms with E-state index in [4.69, 9.17) is 4.74 Å². The number of hydrogen-bond acceptors (Lipinski definition) is 3. The molecule has 98 valence electrons. The summed E-state index contributed by atoms with van der Waals surface area (Å²) in [6.07, 6.45) is 0.915. The van der Waals surface area contributed by atoms with Gasteiger partial charge in [0.1, 0.15) is 5.75 Å². The molecule has 1 amide bonds. The highest BCUT2D eigenvalue weighted by Crippen LogP contribution is 2.10. The summed E-state index contributed by atoms with van der Waals surface area (Å²) < 4.78 is 5.66. The Balaban J connectivity index is 1.72. The first-order valence-corrected chi connectivity index (χ1v) is 6.42. The van der Waals surface area contributed by atoms with E-state index in [0.717, 1.165) is 31.8 Å². The van der Waals surface area contributed by atoms with Crippen LogP contribution in [0.3, 0.4) is 0 Å². The van der Waals surface area contributed by atoms with Crippen LogP contribution in [0.5, 0.6) is 5.75 Å². The largest absolute Gasteiger partial charge is 0.494 e. The zero-order chi connectivity index (χ0) is 12.8. The van der Waals surface area contributed by atoms with Crippen LogP contribution in [-0.2, 0) is 4.79 Å². The summed E-state index contributed by atoms with van der Waals surface area (Å²) in [7, 11) is 0. The molecule has 2 rings (SSSR count). The van der Waals surface area contributed by atoms with Gasteiger partial charge in [-0.25, -0.2) is 0 Å². The Morgan fingerprint density at radius 2 is 2.22 bits per heavy atom. The van der Waals surface area contributed by atoms with Crippen molar-refractivity contribution < 1.29 is 9.53 Å². The highest BCUT2D eigenvalue weighted by Gasteiger charge is 2.20. The van der Waals surface area contributed by atoms with Crippen LogP contribution in [0.4, 0.5) is 0 Å². The minimum atomic E-state index is 0.158. The summed E-state index contributed by atoms with van der Waals surface area (Å²) in [6.45, 7) is 4.77. The molecule has 0 spiro atoms. The van der Waals surface area contributed by atoms with Gasteiger partial charge in [0.25, 0.3) is 0 Å². The summed E-state index contributed by atoms with van der Waals surface area (Å²) in [5.74, 6) is 1.06. The molecular formula is C14H20N2O2. The van der Waals surface area contributed by atoms with Crippen molar-refractivity contribution in [3.63, 3.8) is 0 Å². The quantitative estimate of drug-likeness (QED) is 0.872. The Kier molecular flexibility index (Phi) is 4.59. The van der Waals surface area contributed by atoms with Crippen LogP contribution in [-0.4, -0.2) is 43.1 Å². The number of rotatable bonds is 4. The van der Waals surface area contributed by atoms with Crippen molar-refractivity contribution >= 4 is 5.91 Å². The number of para-hydroxylation sites is 1. The van der Waals surface area contributed by atoms with Gasteiger partial charge in [0.2, 0.25) is 5.91 Å². The molecule has 1 fully saturated rings. The van der Waals surface area contributed by atoms with Crippen LogP contribution in [0.25, 0.3) is 0 Å². The second-order valence-electron chi connectivity index (χ2n) is 4.57. The van der Waals surface area contributed by atoms with E-state index in [1.165, 1.54) is 0 Å². The van der Waals surface area contributed by atoms with Crippen molar-refractivity contribution in [2.24, 2.45) is 0 Å². The van der Waals surface area contributed by atoms with Gasteiger partial charge in [-0.1, -0.05) is 18.2 Å². The zero-order valence-electron chi connectivity index (χ0n) is 10.8. The number of ether oxygens (including phenoxy) is 1. The number of carbonyl (C=O) groups excluding carboxylic acids is 1. The first-order valence-electron chi connectivity index (χ1n) is 6.42. The van der Waals surface area contributed by atoms with E-state index in [2.05, 4.69) is 5.32 Å². The lowest BCUT2D eigenvalue weighted by atomic mass is 10.1. The first-order chi connectivity index (χ1) is 8.75. The second kappa shape index (κ2) is 6.40. The summed E-state index contributed by atoms with van der Waals surface area (Å²) in [4.78, 5) is 13.2. The van der Waals surface area contributed by atoms with Crippen LogP contribution in [0, 0.1) is 0 Å². The highest BCUT2D eigenvalue weighted by atomic mass is 16.5. The van der Waals surface area contributed by atoms with E-state index in [9.17, 15) is 4.79 Å². The van der Waals surface area contributed by atoms with Gasteiger partial charge in [0.05, 0.1) is 6.61 Å². The van der Waals surface area contributed by atoms with Crippen LogP contribution in [0.1, 0.15) is 13.3 Å². The lowest BCUT2D eigenvalue weighted by molar-refractivity contribution is -0.130. The van der Waals surface area contributed by atoms with Crippen LogP contribution in [0.2, 0.25) is 0 Å². The Labute approximate surface area is 108 Å². The zero-order valence-corrected chi connectivity index (χ0v) is 10.8. The van der Waals surface area contributed by atoms with Gasteiger partial charge in [-0.3, -0.25) is 4.79 Å². The molecule has 1 aromatic carbocycles. The summed E-state index contributed by atoms with van der Waals surface area (Å²) in [5, 5.41) is 3.42. The molecule has 1 N–H and O–H groups in total. The average Bonchev–Trinajstić information content (AvgIpc) is 2.40. The molecule has 1 heterocycles. The molecule has 1 aliphatic heterocycles. The summed E-state index contributed by atoms with van der Waals surface area (Å²) in [5.41, 5.74) is 0. The maximum absolute atomic E-state index is 11.3. The number of carbonyl (C=O) groups is 1.